The topological polar surface area (TPSA) is 0 Å². The summed E-state index contributed by atoms with van der Waals surface area (Å²) in [6.07, 6.45) is 0. The number of hydrogen-bond acceptors (Lipinski definition) is 0. The SMILES string of the molecule is Cl.[Ca+2].[Fe].[H-].[H-].[H-].[H-].[Mg+2]. The van der Waals surface area contributed by atoms with E-state index in [-0.39, 0.29) is 96.0 Å². The summed E-state index contributed by atoms with van der Waals surface area (Å²) in [5.41, 5.74) is 0. The smallest absolute Gasteiger partial charge is 1.00 e. The molecule has 0 aliphatic rings. The van der Waals surface area contributed by atoms with E-state index in [1.54, 1.807) is 0 Å². The molecule has 0 aromatic rings. The Morgan fingerprint density at radius 2 is 1.25 bits per heavy atom. The first kappa shape index (κ1) is 29.0. The first-order chi connectivity index (χ1) is 0. The summed E-state index contributed by atoms with van der Waals surface area (Å²) in [6.45, 7) is 0. The maximum atomic E-state index is 0. The molecule has 0 aromatic heterocycles. The van der Waals surface area contributed by atoms with Crippen LogP contribution in [0.3, 0.4) is 0 Å². The van der Waals surface area contributed by atoms with E-state index in [0.717, 1.165) is 0 Å². The molecule has 0 heterocycles. The van der Waals surface area contributed by atoms with E-state index < -0.39 is 0 Å². The fourth-order valence-electron chi connectivity index (χ4n) is 0. The van der Waals surface area contributed by atoms with Gasteiger partial charge in [-0.1, -0.05) is 0 Å². The zero-order valence-corrected chi connectivity index (χ0v) is 7.72. The molecule has 0 fully saturated rings. The summed E-state index contributed by atoms with van der Waals surface area (Å²) in [7, 11) is 0. The van der Waals surface area contributed by atoms with Crippen LogP contribution in [0.25, 0.3) is 0 Å². The fourth-order valence-corrected chi connectivity index (χ4v) is 0. The molecule has 24 valence electrons. The van der Waals surface area contributed by atoms with Crippen LogP contribution in [-0.2, 0) is 17.1 Å². The molecule has 0 nitrogen and oxygen atoms in total. The Kier molecular flexibility index (Phi) is 123. The number of rotatable bonds is 0. The Balaban J connectivity index is 0. The summed E-state index contributed by atoms with van der Waals surface area (Å²) in [6, 6.07) is 0. The van der Waals surface area contributed by atoms with Crippen molar-refractivity contribution >= 4 is 73.2 Å². The van der Waals surface area contributed by atoms with Gasteiger partial charge in [0.2, 0.25) is 0 Å². The van der Waals surface area contributed by atoms with Gasteiger partial charge in [-0.3, -0.25) is 0 Å². The van der Waals surface area contributed by atoms with E-state index in [4.69, 9.17) is 0 Å². The van der Waals surface area contributed by atoms with Crippen molar-refractivity contribution in [2.45, 2.75) is 0 Å². The van der Waals surface area contributed by atoms with Gasteiger partial charge in [0.05, 0.1) is 0 Å². The molecule has 0 saturated heterocycles. The standard InChI is InChI=1S/Ca.ClH.Fe.Mg.4H/h;1H;;;;;;/q+2;;;+2;4*-1. The second kappa shape index (κ2) is 17.0. The van der Waals surface area contributed by atoms with Crippen molar-refractivity contribution in [3.8, 4) is 0 Å². The minimum Gasteiger partial charge on any atom is -1.00 e. The van der Waals surface area contributed by atoms with Crippen molar-refractivity contribution in [1.29, 1.82) is 0 Å². The second-order valence-corrected chi connectivity index (χ2v) is 0. The largest absolute Gasteiger partial charge is 2.00 e. The Bertz CT molecular complexity index is 16.0. The van der Waals surface area contributed by atoms with Crippen molar-refractivity contribution in [3.05, 3.63) is 0 Å². The van der Waals surface area contributed by atoms with Gasteiger partial charge in [0.1, 0.15) is 0 Å². The molecule has 0 bridgehead atoms. The van der Waals surface area contributed by atoms with Crippen LogP contribution in [0.4, 0.5) is 0 Å². The second-order valence-electron chi connectivity index (χ2n) is 0. The van der Waals surface area contributed by atoms with Gasteiger partial charge in [-0.15, -0.1) is 12.4 Å². The molecule has 0 atom stereocenters. The molecule has 0 radical (unpaired) electrons. The Hall–Kier alpha value is 2.84. The van der Waals surface area contributed by atoms with Crippen molar-refractivity contribution in [2.75, 3.05) is 0 Å². The quantitative estimate of drug-likeness (QED) is 0.442. The molecule has 0 unspecified atom stereocenters. The van der Waals surface area contributed by atoms with Gasteiger partial charge in [0.15, 0.2) is 0 Å². The van der Waals surface area contributed by atoms with Crippen LogP contribution in [0.2, 0.25) is 0 Å². The predicted octanol–water partition coefficient (Wildman–Crippen LogP) is 0.108. The summed E-state index contributed by atoms with van der Waals surface area (Å²) in [4.78, 5) is 0. The molecule has 0 amide bonds. The summed E-state index contributed by atoms with van der Waals surface area (Å²) in [5.74, 6) is 0. The van der Waals surface area contributed by atoms with Crippen molar-refractivity contribution in [2.24, 2.45) is 0 Å². The van der Waals surface area contributed by atoms with E-state index in [0.29, 0.717) is 0 Å². The third-order valence-electron chi connectivity index (χ3n) is 0. The van der Waals surface area contributed by atoms with Crippen LogP contribution < -0.4 is 0 Å². The van der Waals surface area contributed by atoms with Crippen LogP contribution in [-0.4, -0.2) is 60.8 Å². The third-order valence-corrected chi connectivity index (χ3v) is 0. The Labute approximate surface area is 94.4 Å². The average Bonchev–Trinajstić information content (AvgIpc) is 0. The van der Waals surface area contributed by atoms with E-state index >= 15 is 0 Å². The Morgan fingerprint density at radius 3 is 1.25 bits per heavy atom. The number of halogens is 1. The average molecular weight is 161 g/mol. The van der Waals surface area contributed by atoms with Gasteiger partial charge in [-0.05, 0) is 0 Å². The van der Waals surface area contributed by atoms with Gasteiger partial charge >= 0.3 is 60.8 Å². The van der Waals surface area contributed by atoms with Gasteiger partial charge in [-0.25, -0.2) is 0 Å². The maximum Gasteiger partial charge on any atom is 2.00 e. The van der Waals surface area contributed by atoms with Crippen LogP contribution in [0, 0.1) is 0 Å². The molecule has 0 aliphatic carbocycles. The summed E-state index contributed by atoms with van der Waals surface area (Å²) in [5, 5.41) is 0. The predicted molar refractivity (Wildman–Crippen MR) is 23.2 cm³/mol. The van der Waals surface area contributed by atoms with E-state index in [1.165, 1.54) is 0 Å². The zero-order valence-electron chi connectivity index (χ0n) is 6.18. The monoisotopic (exact) mass is 160 g/mol. The molecule has 0 saturated carbocycles. The van der Waals surface area contributed by atoms with Crippen LogP contribution in [0.5, 0.6) is 0 Å². The molecule has 0 spiro atoms. The normalized spacial score (nSPS) is 0. The molecular formula is H5CaClFeMg. The number of hydrogen-bond donors (Lipinski definition) is 0. The van der Waals surface area contributed by atoms with Crippen molar-refractivity contribution in [1.82, 2.24) is 0 Å². The molecule has 0 N–H and O–H groups in total. The van der Waals surface area contributed by atoms with Gasteiger partial charge in [-0.2, -0.15) is 0 Å². The minimum absolute atomic E-state index is 0. The van der Waals surface area contributed by atoms with E-state index in [2.05, 4.69) is 0 Å². The maximum absolute atomic E-state index is 0. The zero-order chi connectivity index (χ0) is 0. The van der Waals surface area contributed by atoms with Crippen LogP contribution in [0.15, 0.2) is 0 Å². The fraction of sp³-hybridized carbons (Fsp3) is 0. The Morgan fingerprint density at radius 1 is 1.25 bits per heavy atom. The third kappa shape index (κ3) is 8.85. The van der Waals surface area contributed by atoms with Crippen molar-refractivity contribution in [3.63, 3.8) is 0 Å². The molecule has 4 heteroatoms. The van der Waals surface area contributed by atoms with E-state index in [1.807, 2.05) is 0 Å². The van der Waals surface area contributed by atoms with Crippen LogP contribution in [0.1, 0.15) is 5.71 Å². The summed E-state index contributed by atoms with van der Waals surface area (Å²) >= 11 is 0. The minimum atomic E-state index is 0. The van der Waals surface area contributed by atoms with Gasteiger partial charge in [0.25, 0.3) is 0 Å². The van der Waals surface area contributed by atoms with E-state index in [9.17, 15) is 0 Å². The van der Waals surface area contributed by atoms with Crippen LogP contribution >= 0.6 is 12.4 Å². The van der Waals surface area contributed by atoms with Gasteiger partial charge in [0, 0.05) is 17.1 Å². The molecule has 4 heavy (non-hydrogen) atoms. The molecular weight excluding hydrogens is 156 g/mol. The molecule has 0 aromatic carbocycles. The summed E-state index contributed by atoms with van der Waals surface area (Å²) < 4.78 is 0. The first-order valence-corrected chi connectivity index (χ1v) is 0. The van der Waals surface area contributed by atoms with Gasteiger partial charge < -0.3 is 5.71 Å². The van der Waals surface area contributed by atoms with Crippen molar-refractivity contribution < 1.29 is 22.8 Å². The molecule has 0 rings (SSSR count). The molecule has 0 aliphatic heterocycles. The first-order valence-electron chi connectivity index (χ1n) is 0.